The quantitative estimate of drug-likeness (QED) is 0.683. The Bertz CT molecular complexity index is 888. The maximum Gasteiger partial charge on any atom is 0.339 e. The maximum absolute atomic E-state index is 12.9. The Balaban J connectivity index is 1.82. The summed E-state index contributed by atoms with van der Waals surface area (Å²) in [7, 11) is 0. The first-order valence-corrected chi connectivity index (χ1v) is 10.7. The highest BCUT2D eigenvalue weighted by molar-refractivity contribution is 6.03. The van der Waals surface area contributed by atoms with Gasteiger partial charge in [0.25, 0.3) is 5.91 Å². The lowest BCUT2D eigenvalue weighted by atomic mass is 10.00. The first-order valence-electron chi connectivity index (χ1n) is 10.7. The number of fused-ring (bicyclic) bond motifs is 1. The standard InChI is InChI=1S/C22H32N4O3/c1-6-16-9-7-8-10-25(16)20(27)13-29-22(28)17-11-19(14(2)3)24-21-18(17)12-23-26(21)15(4)5/h11-12,14-16H,6-10,13H2,1-5H3/t16-/m0/s1. The highest BCUT2D eigenvalue weighted by Gasteiger charge is 2.27. The summed E-state index contributed by atoms with van der Waals surface area (Å²) < 4.78 is 7.26. The van der Waals surface area contributed by atoms with E-state index in [2.05, 4.69) is 12.0 Å². The fourth-order valence-electron chi connectivity index (χ4n) is 3.92. The zero-order valence-electron chi connectivity index (χ0n) is 18.1. The molecule has 0 saturated carbocycles. The fraction of sp³-hybridized carbons (Fsp3) is 0.636. The minimum Gasteiger partial charge on any atom is -0.452 e. The molecule has 0 aromatic carbocycles. The zero-order chi connectivity index (χ0) is 21.1. The summed E-state index contributed by atoms with van der Waals surface area (Å²) in [5.74, 6) is -0.458. The minimum atomic E-state index is -0.499. The molecule has 1 amide bonds. The summed E-state index contributed by atoms with van der Waals surface area (Å²) in [6.07, 6.45) is 5.76. The predicted octanol–water partition coefficient (Wildman–Crippen LogP) is 4.08. The highest BCUT2D eigenvalue weighted by atomic mass is 16.5. The second-order valence-electron chi connectivity index (χ2n) is 8.39. The molecule has 2 aromatic rings. The Morgan fingerprint density at radius 3 is 2.66 bits per heavy atom. The SMILES string of the molecule is CC[C@H]1CCCCN1C(=O)COC(=O)c1cc(C(C)C)nc2c1cnn2C(C)C. The Morgan fingerprint density at radius 2 is 2.00 bits per heavy atom. The van der Waals surface area contributed by atoms with Gasteiger partial charge in [-0.3, -0.25) is 4.79 Å². The molecular weight excluding hydrogens is 368 g/mol. The lowest BCUT2D eigenvalue weighted by molar-refractivity contribution is -0.138. The van der Waals surface area contributed by atoms with Crippen LogP contribution in [0.1, 0.15) is 88.3 Å². The molecule has 29 heavy (non-hydrogen) atoms. The van der Waals surface area contributed by atoms with Crippen LogP contribution in [0.5, 0.6) is 0 Å². The molecule has 0 N–H and O–H groups in total. The number of likely N-dealkylation sites (tertiary alicyclic amines) is 1. The van der Waals surface area contributed by atoms with Crippen LogP contribution in [-0.2, 0) is 9.53 Å². The highest BCUT2D eigenvalue weighted by Crippen LogP contribution is 2.25. The molecule has 3 rings (SSSR count). The average molecular weight is 401 g/mol. The maximum atomic E-state index is 12.9. The number of aromatic nitrogens is 3. The van der Waals surface area contributed by atoms with Crippen LogP contribution in [-0.4, -0.2) is 50.7 Å². The van der Waals surface area contributed by atoms with Gasteiger partial charge in [0, 0.05) is 24.3 Å². The summed E-state index contributed by atoms with van der Waals surface area (Å²) in [6, 6.07) is 2.14. The van der Waals surface area contributed by atoms with Gasteiger partial charge in [-0.05, 0) is 51.5 Å². The van der Waals surface area contributed by atoms with E-state index in [9.17, 15) is 9.59 Å². The van der Waals surface area contributed by atoms with Crippen molar-refractivity contribution < 1.29 is 14.3 Å². The average Bonchev–Trinajstić information content (AvgIpc) is 3.15. The number of hydrogen-bond donors (Lipinski definition) is 0. The van der Waals surface area contributed by atoms with Crippen molar-refractivity contribution in [3.63, 3.8) is 0 Å². The number of esters is 1. The largest absolute Gasteiger partial charge is 0.452 e. The third kappa shape index (κ3) is 4.43. The van der Waals surface area contributed by atoms with E-state index in [1.807, 2.05) is 37.3 Å². The molecule has 1 aliphatic heterocycles. The Hall–Kier alpha value is -2.44. The summed E-state index contributed by atoms with van der Waals surface area (Å²) in [6.45, 7) is 10.7. The van der Waals surface area contributed by atoms with E-state index in [0.717, 1.165) is 37.9 Å². The van der Waals surface area contributed by atoms with Crippen molar-refractivity contribution in [2.75, 3.05) is 13.2 Å². The van der Waals surface area contributed by atoms with Gasteiger partial charge in [-0.15, -0.1) is 0 Å². The Morgan fingerprint density at radius 1 is 1.24 bits per heavy atom. The number of ether oxygens (including phenoxy) is 1. The number of carbonyl (C=O) groups excluding carboxylic acids is 2. The topological polar surface area (TPSA) is 77.3 Å². The van der Waals surface area contributed by atoms with Crippen LogP contribution in [0, 0.1) is 0 Å². The molecule has 1 atom stereocenters. The van der Waals surface area contributed by atoms with Crippen LogP contribution < -0.4 is 0 Å². The van der Waals surface area contributed by atoms with Crippen molar-refractivity contribution >= 4 is 22.9 Å². The smallest absolute Gasteiger partial charge is 0.339 e. The first kappa shape index (κ1) is 21.3. The van der Waals surface area contributed by atoms with Crippen LogP contribution in [0.25, 0.3) is 11.0 Å². The molecule has 0 aliphatic carbocycles. The van der Waals surface area contributed by atoms with Crippen molar-refractivity contribution in [1.29, 1.82) is 0 Å². The first-order chi connectivity index (χ1) is 13.8. The van der Waals surface area contributed by atoms with Crippen LogP contribution in [0.15, 0.2) is 12.3 Å². The minimum absolute atomic E-state index is 0.114. The van der Waals surface area contributed by atoms with Gasteiger partial charge in [0.05, 0.1) is 17.1 Å². The van der Waals surface area contributed by atoms with E-state index in [4.69, 9.17) is 9.72 Å². The Kier molecular flexibility index (Phi) is 6.55. The number of nitrogens with zero attached hydrogens (tertiary/aromatic N) is 4. The molecule has 7 heteroatoms. The van der Waals surface area contributed by atoms with Gasteiger partial charge in [0.15, 0.2) is 12.3 Å². The van der Waals surface area contributed by atoms with Crippen LogP contribution in [0.4, 0.5) is 0 Å². The fourth-order valence-corrected chi connectivity index (χ4v) is 3.92. The number of pyridine rings is 1. The molecule has 1 aliphatic rings. The number of piperidine rings is 1. The lowest BCUT2D eigenvalue weighted by Gasteiger charge is -2.35. The van der Waals surface area contributed by atoms with Gasteiger partial charge in [0.1, 0.15) is 0 Å². The number of amides is 1. The lowest BCUT2D eigenvalue weighted by Crippen LogP contribution is -2.45. The molecule has 3 heterocycles. The van der Waals surface area contributed by atoms with Crippen molar-refractivity contribution in [3.05, 3.63) is 23.5 Å². The third-order valence-corrected chi connectivity index (χ3v) is 5.63. The zero-order valence-corrected chi connectivity index (χ0v) is 18.1. The summed E-state index contributed by atoms with van der Waals surface area (Å²) in [5.41, 5.74) is 1.90. The van der Waals surface area contributed by atoms with Gasteiger partial charge >= 0.3 is 5.97 Å². The molecule has 2 aromatic heterocycles. The molecular formula is C22H32N4O3. The number of carbonyl (C=O) groups is 2. The predicted molar refractivity (Wildman–Crippen MR) is 112 cm³/mol. The summed E-state index contributed by atoms with van der Waals surface area (Å²) in [4.78, 5) is 32.1. The van der Waals surface area contributed by atoms with Gasteiger partial charge in [-0.1, -0.05) is 20.8 Å². The number of hydrogen-bond acceptors (Lipinski definition) is 5. The van der Waals surface area contributed by atoms with E-state index < -0.39 is 5.97 Å². The van der Waals surface area contributed by atoms with E-state index in [1.54, 1.807) is 12.3 Å². The van der Waals surface area contributed by atoms with Crippen LogP contribution in [0.3, 0.4) is 0 Å². The van der Waals surface area contributed by atoms with E-state index in [-0.39, 0.29) is 30.5 Å². The number of rotatable bonds is 6. The molecule has 158 valence electrons. The monoisotopic (exact) mass is 400 g/mol. The molecule has 0 bridgehead atoms. The molecule has 0 spiro atoms. The van der Waals surface area contributed by atoms with Gasteiger partial charge < -0.3 is 9.64 Å². The molecule has 7 nitrogen and oxygen atoms in total. The van der Waals surface area contributed by atoms with Gasteiger partial charge in [-0.2, -0.15) is 5.10 Å². The molecule has 1 saturated heterocycles. The normalized spacial score (nSPS) is 17.3. The molecule has 0 unspecified atom stereocenters. The van der Waals surface area contributed by atoms with Gasteiger partial charge in [-0.25, -0.2) is 14.5 Å². The molecule has 1 fully saturated rings. The van der Waals surface area contributed by atoms with Crippen molar-refractivity contribution in [2.45, 2.75) is 78.3 Å². The second kappa shape index (κ2) is 8.93. The van der Waals surface area contributed by atoms with E-state index >= 15 is 0 Å². The molecule has 0 radical (unpaired) electrons. The summed E-state index contributed by atoms with van der Waals surface area (Å²) in [5, 5.41) is 5.06. The van der Waals surface area contributed by atoms with Crippen molar-refractivity contribution in [1.82, 2.24) is 19.7 Å². The van der Waals surface area contributed by atoms with E-state index in [1.165, 1.54) is 0 Å². The Labute approximate surface area is 172 Å². The van der Waals surface area contributed by atoms with Crippen LogP contribution >= 0.6 is 0 Å². The van der Waals surface area contributed by atoms with Crippen LogP contribution in [0.2, 0.25) is 0 Å². The van der Waals surface area contributed by atoms with Crippen molar-refractivity contribution in [2.24, 2.45) is 0 Å². The second-order valence-corrected chi connectivity index (χ2v) is 8.39. The van der Waals surface area contributed by atoms with E-state index in [0.29, 0.717) is 16.6 Å². The van der Waals surface area contributed by atoms with Gasteiger partial charge in [0.2, 0.25) is 0 Å². The third-order valence-electron chi connectivity index (χ3n) is 5.63. The summed E-state index contributed by atoms with van der Waals surface area (Å²) >= 11 is 0. The van der Waals surface area contributed by atoms with Crippen molar-refractivity contribution in [3.8, 4) is 0 Å².